The molecule has 0 saturated carbocycles. The van der Waals surface area contributed by atoms with E-state index in [9.17, 15) is 0 Å². The lowest BCUT2D eigenvalue weighted by Gasteiger charge is -2.20. The summed E-state index contributed by atoms with van der Waals surface area (Å²) >= 11 is 1.84. The van der Waals surface area contributed by atoms with E-state index in [1.54, 1.807) is 0 Å². The van der Waals surface area contributed by atoms with Crippen molar-refractivity contribution in [3.63, 3.8) is 0 Å². The number of aliphatic hydroxyl groups is 1. The van der Waals surface area contributed by atoms with Crippen LogP contribution in [0.1, 0.15) is 41.6 Å². The van der Waals surface area contributed by atoms with E-state index >= 15 is 0 Å². The van der Waals surface area contributed by atoms with Crippen molar-refractivity contribution in [3.05, 3.63) is 21.4 Å². The van der Waals surface area contributed by atoms with E-state index in [-0.39, 0.29) is 12.6 Å². The number of aliphatic hydroxyl groups excluding tert-OH is 1. The van der Waals surface area contributed by atoms with Crippen molar-refractivity contribution < 1.29 is 5.11 Å². The first-order chi connectivity index (χ1) is 7.08. The van der Waals surface area contributed by atoms with Gasteiger partial charge in [0.15, 0.2) is 0 Å². The largest absolute Gasteiger partial charge is 0.395 e. The standard InChI is InChI=1S/C12H21NOS/c1-5-11(7-14)13-9(3)12-6-8(2)15-10(12)4/h6,9,11,13-14H,5,7H2,1-4H3/t9?,11-/m0/s1. The number of aryl methyl sites for hydroxylation is 2. The van der Waals surface area contributed by atoms with Crippen LogP contribution in [0.15, 0.2) is 6.07 Å². The van der Waals surface area contributed by atoms with Gasteiger partial charge in [0.2, 0.25) is 0 Å². The molecule has 1 rings (SSSR count). The monoisotopic (exact) mass is 227 g/mol. The molecule has 0 aliphatic heterocycles. The molecule has 3 heteroatoms. The first kappa shape index (κ1) is 12.7. The van der Waals surface area contributed by atoms with Gasteiger partial charge in [-0.2, -0.15) is 0 Å². The molecule has 0 aliphatic carbocycles. The lowest BCUT2D eigenvalue weighted by Crippen LogP contribution is -2.33. The predicted octanol–water partition coefficient (Wildman–Crippen LogP) is 2.79. The summed E-state index contributed by atoms with van der Waals surface area (Å²) < 4.78 is 0. The third kappa shape index (κ3) is 3.30. The minimum Gasteiger partial charge on any atom is -0.395 e. The van der Waals surface area contributed by atoms with Crippen LogP contribution in [0.4, 0.5) is 0 Å². The van der Waals surface area contributed by atoms with E-state index in [2.05, 4.69) is 39.1 Å². The molecule has 1 aromatic heterocycles. The molecule has 0 bridgehead atoms. The van der Waals surface area contributed by atoms with Crippen LogP contribution in [0.2, 0.25) is 0 Å². The Hall–Kier alpha value is -0.380. The summed E-state index contributed by atoms with van der Waals surface area (Å²) in [4.78, 5) is 2.73. The van der Waals surface area contributed by atoms with Crippen molar-refractivity contribution >= 4 is 11.3 Å². The molecule has 0 radical (unpaired) electrons. The highest BCUT2D eigenvalue weighted by atomic mass is 32.1. The molecular formula is C12H21NOS. The summed E-state index contributed by atoms with van der Waals surface area (Å²) in [6.07, 6.45) is 0.961. The van der Waals surface area contributed by atoms with E-state index in [0.717, 1.165) is 6.42 Å². The van der Waals surface area contributed by atoms with Gasteiger partial charge in [0.1, 0.15) is 0 Å². The van der Waals surface area contributed by atoms with Crippen molar-refractivity contribution in [1.82, 2.24) is 5.32 Å². The van der Waals surface area contributed by atoms with Crippen molar-refractivity contribution in [2.75, 3.05) is 6.61 Å². The van der Waals surface area contributed by atoms with Crippen LogP contribution in [0.5, 0.6) is 0 Å². The molecule has 86 valence electrons. The molecule has 0 fully saturated rings. The first-order valence-electron chi connectivity index (χ1n) is 5.52. The highest BCUT2D eigenvalue weighted by Gasteiger charge is 2.14. The second-order valence-electron chi connectivity index (χ2n) is 4.04. The third-order valence-corrected chi connectivity index (χ3v) is 3.73. The van der Waals surface area contributed by atoms with Gasteiger partial charge in [-0.1, -0.05) is 6.92 Å². The summed E-state index contributed by atoms with van der Waals surface area (Å²) in [6.45, 7) is 8.75. The van der Waals surface area contributed by atoms with E-state index in [1.165, 1.54) is 15.3 Å². The zero-order valence-electron chi connectivity index (χ0n) is 10.0. The van der Waals surface area contributed by atoms with Crippen LogP contribution in [-0.2, 0) is 0 Å². The highest BCUT2D eigenvalue weighted by molar-refractivity contribution is 7.12. The summed E-state index contributed by atoms with van der Waals surface area (Å²) in [5.41, 5.74) is 1.37. The lowest BCUT2D eigenvalue weighted by molar-refractivity contribution is 0.230. The van der Waals surface area contributed by atoms with E-state index in [0.29, 0.717) is 6.04 Å². The summed E-state index contributed by atoms with van der Waals surface area (Å²) in [5.74, 6) is 0. The Morgan fingerprint density at radius 2 is 2.13 bits per heavy atom. The topological polar surface area (TPSA) is 32.3 Å². The average molecular weight is 227 g/mol. The molecule has 15 heavy (non-hydrogen) atoms. The number of thiophene rings is 1. The van der Waals surface area contributed by atoms with Gasteiger partial charge in [-0.25, -0.2) is 0 Å². The molecule has 2 N–H and O–H groups in total. The smallest absolute Gasteiger partial charge is 0.0584 e. The Balaban J connectivity index is 2.67. The maximum atomic E-state index is 9.14. The maximum absolute atomic E-state index is 9.14. The van der Waals surface area contributed by atoms with Gasteiger partial charge in [0.25, 0.3) is 0 Å². The van der Waals surface area contributed by atoms with Gasteiger partial charge in [0, 0.05) is 21.8 Å². The van der Waals surface area contributed by atoms with E-state index < -0.39 is 0 Å². The van der Waals surface area contributed by atoms with Crippen LogP contribution in [-0.4, -0.2) is 17.8 Å². The Labute approximate surface area is 96.3 Å². The number of nitrogens with one attached hydrogen (secondary N) is 1. The summed E-state index contributed by atoms with van der Waals surface area (Å²) in [5, 5.41) is 12.6. The van der Waals surface area contributed by atoms with E-state index in [4.69, 9.17) is 5.11 Å². The fourth-order valence-electron chi connectivity index (χ4n) is 1.82. The van der Waals surface area contributed by atoms with Crippen molar-refractivity contribution in [1.29, 1.82) is 0 Å². The molecular weight excluding hydrogens is 206 g/mol. The highest BCUT2D eigenvalue weighted by Crippen LogP contribution is 2.26. The van der Waals surface area contributed by atoms with Crippen molar-refractivity contribution in [2.45, 2.75) is 46.2 Å². The van der Waals surface area contributed by atoms with Crippen LogP contribution in [0.25, 0.3) is 0 Å². The zero-order chi connectivity index (χ0) is 11.4. The molecule has 2 atom stereocenters. The van der Waals surface area contributed by atoms with Gasteiger partial charge in [-0.15, -0.1) is 11.3 Å². The zero-order valence-corrected chi connectivity index (χ0v) is 10.8. The lowest BCUT2D eigenvalue weighted by atomic mass is 10.1. The van der Waals surface area contributed by atoms with Crippen molar-refractivity contribution in [3.8, 4) is 0 Å². The maximum Gasteiger partial charge on any atom is 0.0584 e. The molecule has 0 aromatic carbocycles. The number of hydrogen-bond acceptors (Lipinski definition) is 3. The number of hydrogen-bond donors (Lipinski definition) is 2. The molecule has 0 spiro atoms. The SMILES string of the molecule is CC[C@@H](CO)NC(C)c1cc(C)sc1C. The molecule has 1 heterocycles. The predicted molar refractivity (Wildman–Crippen MR) is 66.5 cm³/mol. The molecule has 1 aromatic rings. The minimum atomic E-state index is 0.208. The van der Waals surface area contributed by atoms with Crippen molar-refractivity contribution in [2.24, 2.45) is 0 Å². The van der Waals surface area contributed by atoms with E-state index in [1.807, 2.05) is 11.3 Å². The van der Waals surface area contributed by atoms with Gasteiger partial charge in [-0.3, -0.25) is 0 Å². The van der Waals surface area contributed by atoms with Crippen LogP contribution in [0.3, 0.4) is 0 Å². The van der Waals surface area contributed by atoms with Gasteiger partial charge in [-0.05, 0) is 38.8 Å². The second kappa shape index (κ2) is 5.64. The van der Waals surface area contributed by atoms with Gasteiger partial charge in [0.05, 0.1) is 6.61 Å². The van der Waals surface area contributed by atoms with Gasteiger partial charge < -0.3 is 10.4 Å². The molecule has 1 unspecified atom stereocenters. The molecule has 0 amide bonds. The Bertz CT molecular complexity index is 305. The van der Waals surface area contributed by atoms with Crippen LogP contribution < -0.4 is 5.32 Å². The summed E-state index contributed by atoms with van der Waals surface area (Å²) in [7, 11) is 0. The quantitative estimate of drug-likeness (QED) is 0.810. The number of rotatable bonds is 5. The Kier molecular flexibility index (Phi) is 4.77. The third-order valence-electron chi connectivity index (χ3n) is 2.74. The minimum absolute atomic E-state index is 0.208. The molecule has 0 saturated heterocycles. The summed E-state index contributed by atoms with van der Waals surface area (Å²) in [6, 6.07) is 2.77. The molecule has 2 nitrogen and oxygen atoms in total. The molecule has 0 aliphatic rings. The second-order valence-corrected chi connectivity index (χ2v) is 5.51. The first-order valence-corrected chi connectivity index (χ1v) is 6.34. The Morgan fingerprint density at radius 3 is 2.53 bits per heavy atom. The van der Waals surface area contributed by atoms with Crippen LogP contribution >= 0.6 is 11.3 Å². The van der Waals surface area contributed by atoms with Gasteiger partial charge >= 0.3 is 0 Å². The Morgan fingerprint density at radius 1 is 1.47 bits per heavy atom. The average Bonchev–Trinajstić information content (AvgIpc) is 2.54. The van der Waals surface area contributed by atoms with Crippen LogP contribution in [0, 0.1) is 13.8 Å². The normalized spacial score (nSPS) is 15.3. The fourth-order valence-corrected chi connectivity index (χ4v) is 2.85. The fraction of sp³-hybridized carbons (Fsp3) is 0.667.